The SMILES string of the molecule is CC1(C)OC[C@@H]2O[C@@]3(C(=O)NS(N)(=O)=O)OC(C)(C)O[C@H]3[C@@H]2O1. The van der Waals surface area contributed by atoms with Crippen molar-refractivity contribution in [3.05, 3.63) is 0 Å². The quantitative estimate of drug-likeness (QED) is 0.626. The highest BCUT2D eigenvalue weighted by Gasteiger charge is 2.71. The first-order valence-electron chi connectivity index (χ1n) is 7.06. The zero-order valence-electron chi connectivity index (χ0n) is 13.2. The lowest BCUT2D eigenvalue weighted by atomic mass is 10.0. The van der Waals surface area contributed by atoms with Gasteiger partial charge in [-0.3, -0.25) is 4.79 Å². The summed E-state index contributed by atoms with van der Waals surface area (Å²) < 4.78 is 52.4. The molecule has 132 valence electrons. The van der Waals surface area contributed by atoms with Gasteiger partial charge in [-0.05, 0) is 27.7 Å². The summed E-state index contributed by atoms with van der Waals surface area (Å²) in [7, 11) is -4.28. The third kappa shape index (κ3) is 2.97. The average Bonchev–Trinajstić information content (AvgIpc) is 2.75. The van der Waals surface area contributed by atoms with E-state index >= 15 is 0 Å². The van der Waals surface area contributed by atoms with Gasteiger partial charge in [0.25, 0.3) is 21.9 Å². The van der Waals surface area contributed by atoms with Crippen molar-refractivity contribution in [3.63, 3.8) is 0 Å². The molecule has 0 aromatic carbocycles. The highest BCUT2D eigenvalue weighted by Crippen LogP contribution is 2.49. The van der Waals surface area contributed by atoms with E-state index in [9.17, 15) is 13.2 Å². The van der Waals surface area contributed by atoms with Crippen LogP contribution in [0.3, 0.4) is 0 Å². The fraction of sp³-hybridized carbons (Fsp3) is 0.917. The molecule has 0 aliphatic carbocycles. The molecule has 3 rings (SSSR count). The van der Waals surface area contributed by atoms with Crippen molar-refractivity contribution < 1.29 is 36.9 Å². The van der Waals surface area contributed by atoms with Crippen molar-refractivity contribution in [2.45, 2.75) is 63.4 Å². The van der Waals surface area contributed by atoms with Gasteiger partial charge in [-0.2, -0.15) is 8.42 Å². The first kappa shape index (κ1) is 17.0. The zero-order chi connectivity index (χ0) is 17.3. The van der Waals surface area contributed by atoms with Crippen molar-refractivity contribution in [2.75, 3.05) is 6.61 Å². The summed E-state index contributed by atoms with van der Waals surface area (Å²) in [6.45, 7) is 6.75. The van der Waals surface area contributed by atoms with Gasteiger partial charge >= 0.3 is 0 Å². The molecule has 0 radical (unpaired) electrons. The zero-order valence-corrected chi connectivity index (χ0v) is 14.0. The first-order valence-corrected chi connectivity index (χ1v) is 8.61. The van der Waals surface area contributed by atoms with Crippen molar-refractivity contribution in [1.29, 1.82) is 0 Å². The number of nitrogens with one attached hydrogen (secondary N) is 1. The lowest BCUT2D eigenvalue weighted by Gasteiger charge is -2.38. The molecule has 11 heteroatoms. The Kier molecular flexibility index (Phi) is 3.59. The molecular formula is C12H20N2O8S. The van der Waals surface area contributed by atoms with E-state index in [4.69, 9.17) is 28.8 Å². The monoisotopic (exact) mass is 352 g/mol. The van der Waals surface area contributed by atoms with Crippen LogP contribution in [0.15, 0.2) is 0 Å². The Hall–Kier alpha value is -0.820. The smallest absolute Gasteiger partial charge is 0.298 e. The van der Waals surface area contributed by atoms with E-state index in [-0.39, 0.29) is 6.61 Å². The number of hydrogen-bond donors (Lipinski definition) is 2. The number of ether oxygens (including phenoxy) is 5. The second-order valence-corrected chi connectivity index (χ2v) is 7.93. The van der Waals surface area contributed by atoms with E-state index in [2.05, 4.69) is 0 Å². The summed E-state index contributed by atoms with van der Waals surface area (Å²) in [5.41, 5.74) is 0. The molecule has 3 heterocycles. The van der Waals surface area contributed by atoms with E-state index in [1.165, 1.54) is 0 Å². The molecule has 4 atom stereocenters. The Labute approximate surface area is 133 Å². The number of fused-ring (bicyclic) bond motifs is 3. The van der Waals surface area contributed by atoms with E-state index in [0.29, 0.717) is 0 Å². The van der Waals surface area contributed by atoms with Gasteiger partial charge in [-0.15, -0.1) is 0 Å². The van der Waals surface area contributed by atoms with Crippen LogP contribution >= 0.6 is 0 Å². The molecule has 1 amide bonds. The standard InChI is InChI=1S/C12H20N2O8S/c1-10(2)18-5-6-7(20-10)8-12(19-6,22-11(3,4)21-8)9(15)14-23(13,16)17/h6-8H,5H2,1-4H3,(H,14,15)(H2,13,16,17)/t6-,7+,8-,12+/m0/s1. The van der Waals surface area contributed by atoms with Crippen LogP contribution in [0.1, 0.15) is 27.7 Å². The van der Waals surface area contributed by atoms with Crippen LogP contribution < -0.4 is 9.86 Å². The fourth-order valence-electron chi connectivity index (χ4n) is 3.03. The number of carbonyl (C=O) groups is 1. The molecule has 3 aliphatic rings. The Morgan fingerprint density at radius 2 is 1.78 bits per heavy atom. The van der Waals surface area contributed by atoms with E-state index in [0.717, 1.165) is 0 Å². The van der Waals surface area contributed by atoms with Gasteiger partial charge in [0, 0.05) is 0 Å². The third-order valence-corrected chi connectivity index (χ3v) is 4.21. The minimum atomic E-state index is -4.28. The van der Waals surface area contributed by atoms with E-state index in [1.54, 1.807) is 32.4 Å². The lowest BCUT2D eigenvalue weighted by Crippen LogP contribution is -2.56. The Bertz CT molecular complexity index is 633. The van der Waals surface area contributed by atoms with Gasteiger partial charge < -0.3 is 23.7 Å². The van der Waals surface area contributed by atoms with Crippen LogP contribution in [-0.2, 0) is 38.7 Å². The van der Waals surface area contributed by atoms with E-state index < -0.39 is 51.8 Å². The highest BCUT2D eigenvalue weighted by atomic mass is 32.2. The average molecular weight is 352 g/mol. The number of rotatable bonds is 2. The van der Waals surface area contributed by atoms with Crippen LogP contribution in [-0.4, -0.2) is 56.6 Å². The summed E-state index contributed by atoms with van der Waals surface area (Å²) >= 11 is 0. The Balaban J connectivity index is 1.95. The van der Waals surface area contributed by atoms with Crippen LogP contribution in [0.25, 0.3) is 0 Å². The largest absolute Gasteiger partial charge is 0.348 e. The molecule has 0 spiro atoms. The minimum absolute atomic E-state index is 0.145. The maximum atomic E-state index is 12.5. The van der Waals surface area contributed by atoms with Gasteiger partial charge in [0.1, 0.15) is 12.2 Å². The summed E-state index contributed by atoms with van der Waals surface area (Å²) in [5.74, 6) is -5.11. The summed E-state index contributed by atoms with van der Waals surface area (Å²) in [6, 6.07) is 0. The van der Waals surface area contributed by atoms with Crippen LogP contribution in [0.2, 0.25) is 0 Å². The van der Waals surface area contributed by atoms with Crippen LogP contribution in [0.4, 0.5) is 0 Å². The molecule has 3 N–H and O–H groups in total. The summed E-state index contributed by atoms with van der Waals surface area (Å²) in [4.78, 5) is 12.5. The molecule has 0 saturated carbocycles. The predicted octanol–water partition coefficient (Wildman–Crippen LogP) is -1.30. The molecule has 0 bridgehead atoms. The minimum Gasteiger partial charge on any atom is -0.348 e. The van der Waals surface area contributed by atoms with Crippen LogP contribution in [0, 0.1) is 0 Å². The maximum Gasteiger partial charge on any atom is 0.298 e. The van der Waals surface area contributed by atoms with Crippen molar-refractivity contribution in [2.24, 2.45) is 5.14 Å². The van der Waals surface area contributed by atoms with Gasteiger partial charge in [0.2, 0.25) is 0 Å². The number of amides is 1. The summed E-state index contributed by atoms with van der Waals surface area (Å²) in [6.07, 6.45) is -2.27. The van der Waals surface area contributed by atoms with Gasteiger partial charge in [-0.25, -0.2) is 9.86 Å². The van der Waals surface area contributed by atoms with Crippen molar-refractivity contribution >= 4 is 16.1 Å². The molecule has 0 aromatic heterocycles. The molecule has 10 nitrogen and oxygen atoms in total. The first-order chi connectivity index (χ1) is 10.3. The predicted molar refractivity (Wildman–Crippen MR) is 73.8 cm³/mol. The molecule has 3 fully saturated rings. The Morgan fingerprint density at radius 3 is 2.39 bits per heavy atom. The molecule has 23 heavy (non-hydrogen) atoms. The van der Waals surface area contributed by atoms with E-state index in [1.807, 2.05) is 0 Å². The number of nitrogens with two attached hydrogens (primary N) is 1. The molecule has 3 aliphatic heterocycles. The second kappa shape index (κ2) is 4.85. The fourth-order valence-corrected chi connectivity index (χ4v) is 3.43. The normalized spacial score (nSPS) is 41.2. The topological polar surface area (TPSA) is 135 Å². The summed E-state index contributed by atoms with van der Waals surface area (Å²) in [5, 5.41) is 4.87. The lowest BCUT2D eigenvalue weighted by molar-refractivity contribution is -0.324. The maximum absolute atomic E-state index is 12.5. The highest BCUT2D eigenvalue weighted by molar-refractivity contribution is 7.87. The van der Waals surface area contributed by atoms with Crippen molar-refractivity contribution in [1.82, 2.24) is 4.72 Å². The van der Waals surface area contributed by atoms with Gasteiger partial charge in [0.05, 0.1) is 6.61 Å². The van der Waals surface area contributed by atoms with Gasteiger partial charge in [0.15, 0.2) is 17.7 Å². The van der Waals surface area contributed by atoms with Crippen molar-refractivity contribution in [3.8, 4) is 0 Å². The molecule has 0 aromatic rings. The van der Waals surface area contributed by atoms with Crippen LogP contribution in [0.5, 0.6) is 0 Å². The van der Waals surface area contributed by atoms with Gasteiger partial charge in [-0.1, -0.05) is 0 Å². The number of carbonyl (C=O) groups excluding carboxylic acids is 1. The Morgan fingerprint density at radius 1 is 1.13 bits per heavy atom. The third-order valence-electron chi connectivity index (χ3n) is 3.74. The number of hydrogen-bond acceptors (Lipinski definition) is 8. The molecular weight excluding hydrogens is 332 g/mol. The molecule has 3 saturated heterocycles. The second-order valence-electron chi connectivity index (χ2n) is 6.63. The molecule has 0 unspecified atom stereocenters.